The summed E-state index contributed by atoms with van der Waals surface area (Å²) < 4.78 is 0. The van der Waals surface area contributed by atoms with E-state index in [0.717, 1.165) is 16.7 Å². The Morgan fingerprint density at radius 1 is 1.09 bits per heavy atom. The van der Waals surface area contributed by atoms with Gasteiger partial charge in [0.25, 0.3) is 0 Å². The van der Waals surface area contributed by atoms with Gasteiger partial charge in [0.05, 0.1) is 16.2 Å². The Kier molecular flexibility index (Phi) is 4.65. The van der Waals surface area contributed by atoms with Gasteiger partial charge in [-0.05, 0) is 30.3 Å². The molecule has 0 saturated heterocycles. The third-order valence-electron chi connectivity index (χ3n) is 3.19. The van der Waals surface area contributed by atoms with Gasteiger partial charge >= 0.3 is 0 Å². The van der Waals surface area contributed by atoms with Crippen molar-refractivity contribution in [2.24, 2.45) is 0 Å². The monoisotopic (exact) mass is 344 g/mol. The van der Waals surface area contributed by atoms with E-state index in [1.807, 2.05) is 24.3 Å². The van der Waals surface area contributed by atoms with E-state index >= 15 is 0 Å². The number of hydrogen-bond donors (Lipinski definition) is 2. The Labute approximate surface area is 144 Å². The van der Waals surface area contributed by atoms with Crippen molar-refractivity contribution in [3.05, 3.63) is 65.2 Å². The fraction of sp³-hybridized carbons (Fsp3) is 0.0588. The van der Waals surface area contributed by atoms with E-state index in [-0.39, 0.29) is 0 Å². The van der Waals surface area contributed by atoms with Crippen LogP contribution in [0.25, 0.3) is 10.9 Å². The normalized spacial score (nSPS) is 10.5. The van der Waals surface area contributed by atoms with Gasteiger partial charge in [0.2, 0.25) is 5.95 Å². The van der Waals surface area contributed by atoms with Crippen LogP contribution in [-0.2, 0) is 0 Å². The summed E-state index contributed by atoms with van der Waals surface area (Å²) in [5, 5.41) is 8.41. The highest BCUT2D eigenvalue weighted by molar-refractivity contribution is 6.35. The smallest absolute Gasteiger partial charge is 0.229 e. The van der Waals surface area contributed by atoms with Crippen molar-refractivity contribution < 1.29 is 0 Å². The summed E-state index contributed by atoms with van der Waals surface area (Å²) in [4.78, 5) is 9.04. The average molecular weight is 345 g/mol. The minimum atomic E-state index is 0.444. The first-order valence-corrected chi connectivity index (χ1v) is 7.76. The quantitative estimate of drug-likeness (QED) is 0.618. The molecule has 0 atom stereocenters. The summed E-state index contributed by atoms with van der Waals surface area (Å²) in [6.07, 6.45) is 1.78. The minimum Gasteiger partial charge on any atom is -0.366 e. The zero-order valence-electron chi connectivity index (χ0n) is 12.2. The predicted molar refractivity (Wildman–Crippen MR) is 98.0 cm³/mol. The number of aromatic nitrogens is 2. The Morgan fingerprint density at radius 3 is 2.74 bits per heavy atom. The number of fused-ring (bicyclic) bond motifs is 1. The topological polar surface area (TPSA) is 49.8 Å². The van der Waals surface area contributed by atoms with E-state index in [1.165, 1.54) is 0 Å². The third kappa shape index (κ3) is 3.55. The summed E-state index contributed by atoms with van der Waals surface area (Å²) >= 11 is 12.2. The first-order chi connectivity index (χ1) is 11.2. The summed E-state index contributed by atoms with van der Waals surface area (Å²) in [7, 11) is 0. The van der Waals surface area contributed by atoms with Gasteiger partial charge < -0.3 is 10.6 Å². The van der Waals surface area contributed by atoms with Crippen molar-refractivity contribution in [2.75, 3.05) is 17.2 Å². The van der Waals surface area contributed by atoms with E-state index < -0.39 is 0 Å². The molecule has 116 valence electrons. The van der Waals surface area contributed by atoms with Gasteiger partial charge in [-0.3, -0.25) is 0 Å². The summed E-state index contributed by atoms with van der Waals surface area (Å²) in [6.45, 7) is 4.32. The number of halogens is 2. The molecule has 1 heterocycles. The Balaban J connectivity index is 2.03. The maximum atomic E-state index is 6.18. The zero-order chi connectivity index (χ0) is 16.2. The highest BCUT2D eigenvalue weighted by Crippen LogP contribution is 2.29. The van der Waals surface area contributed by atoms with Gasteiger partial charge in [0, 0.05) is 17.0 Å². The summed E-state index contributed by atoms with van der Waals surface area (Å²) in [5.41, 5.74) is 1.49. The van der Waals surface area contributed by atoms with Gasteiger partial charge in [-0.1, -0.05) is 41.4 Å². The molecule has 6 heteroatoms. The van der Waals surface area contributed by atoms with Gasteiger partial charge in [-0.15, -0.1) is 6.58 Å². The fourth-order valence-electron chi connectivity index (χ4n) is 2.15. The number of anilines is 3. The molecule has 2 aromatic carbocycles. The zero-order valence-corrected chi connectivity index (χ0v) is 13.7. The molecule has 0 radical (unpaired) electrons. The molecule has 4 nitrogen and oxygen atoms in total. The number of hydrogen-bond acceptors (Lipinski definition) is 4. The molecule has 0 unspecified atom stereocenters. The molecule has 2 N–H and O–H groups in total. The number of nitrogens with zero attached hydrogens (tertiary/aromatic N) is 2. The molecule has 0 fully saturated rings. The number of benzene rings is 2. The molecule has 0 spiro atoms. The molecule has 3 aromatic rings. The maximum Gasteiger partial charge on any atom is 0.229 e. The lowest BCUT2D eigenvalue weighted by Gasteiger charge is -2.12. The van der Waals surface area contributed by atoms with Gasteiger partial charge in [0.15, 0.2) is 0 Å². The molecule has 0 amide bonds. The fourth-order valence-corrected chi connectivity index (χ4v) is 2.49. The molecule has 0 aliphatic rings. The first-order valence-electron chi connectivity index (χ1n) is 7.01. The largest absolute Gasteiger partial charge is 0.366 e. The van der Waals surface area contributed by atoms with E-state index in [2.05, 4.69) is 27.2 Å². The van der Waals surface area contributed by atoms with Crippen LogP contribution in [0.4, 0.5) is 17.5 Å². The molecule has 1 aromatic heterocycles. The third-order valence-corrected chi connectivity index (χ3v) is 3.76. The van der Waals surface area contributed by atoms with Gasteiger partial charge in [0.1, 0.15) is 5.82 Å². The van der Waals surface area contributed by atoms with Crippen LogP contribution in [0.2, 0.25) is 10.0 Å². The van der Waals surface area contributed by atoms with Crippen molar-refractivity contribution in [1.29, 1.82) is 0 Å². The maximum absolute atomic E-state index is 6.18. The molecule has 0 aliphatic carbocycles. The highest BCUT2D eigenvalue weighted by atomic mass is 35.5. The molecule has 23 heavy (non-hydrogen) atoms. The molecule has 0 aliphatic heterocycles. The second-order valence-electron chi connectivity index (χ2n) is 4.83. The molecule has 3 rings (SSSR count). The van der Waals surface area contributed by atoms with Crippen LogP contribution in [-0.4, -0.2) is 16.5 Å². The van der Waals surface area contributed by atoms with E-state index in [1.54, 1.807) is 24.3 Å². The van der Waals surface area contributed by atoms with Crippen molar-refractivity contribution >= 4 is 51.6 Å². The van der Waals surface area contributed by atoms with Crippen LogP contribution in [0.3, 0.4) is 0 Å². The van der Waals surface area contributed by atoms with Crippen molar-refractivity contribution in [3.8, 4) is 0 Å². The van der Waals surface area contributed by atoms with E-state index in [0.29, 0.717) is 28.2 Å². The molecule has 0 bridgehead atoms. The van der Waals surface area contributed by atoms with Crippen LogP contribution in [0, 0.1) is 0 Å². The minimum absolute atomic E-state index is 0.444. The van der Waals surface area contributed by atoms with Crippen molar-refractivity contribution in [2.45, 2.75) is 0 Å². The SMILES string of the molecule is C=CCNc1nc(Nc2cc(Cl)ccc2Cl)nc2ccccc12. The molecular weight excluding hydrogens is 331 g/mol. The standard InChI is InChI=1S/C17H14Cl2N4/c1-2-9-20-16-12-5-3-4-6-14(12)21-17(23-16)22-15-10-11(18)7-8-13(15)19/h2-8,10H,1,9H2,(H2,20,21,22,23). The second kappa shape index (κ2) is 6.86. The number of rotatable bonds is 5. The lowest BCUT2D eigenvalue weighted by Crippen LogP contribution is -2.05. The van der Waals surface area contributed by atoms with Gasteiger partial charge in [-0.2, -0.15) is 4.98 Å². The average Bonchev–Trinajstić information content (AvgIpc) is 2.56. The van der Waals surface area contributed by atoms with Crippen LogP contribution in [0.1, 0.15) is 0 Å². The Bertz CT molecular complexity index is 864. The van der Waals surface area contributed by atoms with E-state index in [4.69, 9.17) is 23.2 Å². The Hall–Kier alpha value is -2.30. The summed E-state index contributed by atoms with van der Waals surface area (Å²) in [5.74, 6) is 1.18. The van der Waals surface area contributed by atoms with E-state index in [9.17, 15) is 0 Å². The lowest BCUT2D eigenvalue weighted by atomic mass is 10.2. The molecular formula is C17H14Cl2N4. The highest BCUT2D eigenvalue weighted by Gasteiger charge is 2.09. The number of nitrogens with one attached hydrogen (secondary N) is 2. The predicted octanol–water partition coefficient (Wildman–Crippen LogP) is 5.28. The summed E-state index contributed by atoms with van der Waals surface area (Å²) in [6, 6.07) is 13.0. The second-order valence-corrected chi connectivity index (χ2v) is 5.68. The van der Waals surface area contributed by atoms with Gasteiger partial charge in [-0.25, -0.2) is 4.98 Å². The van der Waals surface area contributed by atoms with Crippen LogP contribution < -0.4 is 10.6 Å². The van der Waals surface area contributed by atoms with Crippen LogP contribution in [0.5, 0.6) is 0 Å². The van der Waals surface area contributed by atoms with Crippen LogP contribution >= 0.6 is 23.2 Å². The Morgan fingerprint density at radius 2 is 1.91 bits per heavy atom. The lowest BCUT2D eigenvalue weighted by molar-refractivity contribution is 1.18. The van der Waals surface area contributed by atoms with Crippen molar-refractivity contribution in [3.63, 3.8) is 0 Å². The number of para-hydroxylation sites is 1. The van der Waals surface area contributed by atoms with Crippen molar-refractivity contribution in [1.82, 2.24) is 9.97 Å². The molecule has 0 saturated carbocycles. The van der Waals surface area contributed by atoms with Crippen LogP contribution in [0.15, 0.2) is 55.1 Å². The first kappa shape index (κ1) is 15.6.